The van der Waals surface area contributed by atoms with Crippen molar-refractivity contribution in [3.05, 3.63) is 34.8 Å². The van der Waals surface area contributed by atoms with Crippen LogP contribution in [0.15, 0.2) is 23.6 Å². The number of hydrogen-bond acceptors (Lipinski definition) is 5. The SMILES string of the molecule is Cc1nn(C)c2nc(-c3cccs3)cc(C(=O)N3CCCC(C(C)N)C3)c12. The number of thiophene rings is 1. The van der Waals surface area contributed by atoms with Gasteiger partial charge < -0.3 is 10.6 Å². The minimum atomic E-state index is 0.0571. The molecular weight excluding hydrogens is 358 g/mol. The number of rotatable bonds is 3. The highest BCUT2D eigenvalue weighted by molar-refractivity contribution is 7.13. The van der Waals surface area contributed by atoms with Crippen LogP contribution in [0.3, 0.4) is 0 Å². The van der Waals surface area contributed by atoms with Gasteiger partial charge in [0.05, 0.1) is 27.2 Å². The second-order valence-corrected chi connectivity index (χ2v) is 8.40. The average molecular weight is 384 g/mol. The van der Waals surface area contributed by atoms with Crippen LogP contribution in [0, 0.1) is 12.8 Å². The number of nitrogens with zero attached hydrogens (tertiary/aromatic N) is 4. The zero-order valence-electron chi connectivity index (χ0n) is 16.0. The largest absolute Gasteiger partial charge is 0.338 e. The van der Waals surface area contributed by atoms with Crippen LogP contribution < -0.4 is 5.73 Å². The lowest BCUT2D eigenvalue weighted by atomic mass is 9.91. The van der Waals surface area contributed by atoms with Crippen LogP contribution in [0.5, 0.6) is 0 Å². The summed E-state index contributed by atoms with van der Waals surface area (Å²) < 4.78 is 1.76. The molecule has 4 heterocycles. The maximum absolute atomic E-state index is 13.5. The van der Waals surface area contributed by atoms with E-state index in [-0.39, 0.29) is 11.9 Å². The molecule has 0 saturated carbocycles. The molecule has 2 atom stereocenters. The van der Waals surface area contributed by atoms with E-state index in [0.717, 1.165) is 46.7 Å². The van der Waals surface area contributed by atoms with E-state index in [0.29, 0.717) is 18.0 Å². The topological polar surface area (TPSA) is 77.0 Å². The van der Waals surface area contributed by atoms with Crippen molar-refractivity contribution in [1.29, 1.82) is 0 Å². The third-order valence-electron chi connectivity index (χ3n) is 5.46. The smallest absolute Gasteiger partial charge is 0.254 e. The number of aryl methyl sites for hydroxylation is 2. The lowest BCUT2D eigenvalue weighted by Crippen LogP contribution is -2.45. The van der Waals surface area contributed by atoms with Gasteiger partial charge in [0.1, 0.15) is 0 Å². The molecular formula is C20H25N5OS. The second-order valence-electron chi connectivity index (χ2n) is 7.45. The highest BCUT2D eigenvalue weighted by atomic mass is 32.1. The number of hydrogen-bond donors (Lipinski definition) is 1. The fraction of sp³-hybridized carbons (Fsp3) is 0.450. The van der Waals surface area contributed by atoms with Crippen molar-refractivity contribution in [1.82, 2.24) is 19.7 Å². The number of piperidine rings is 1. The molecule has 0 aromatic carbocycles. The van der Waals surface area contributed by atoms with E-state index < -0.39 is 0 Å². The fourth-order valence-corrected chi connectivity index (χ4v) is 4.64. The van der Waals surface area contributed by atoms with Gasteiger partial charge in [0.25, 0.3) is 5.91 Å². The Bertz CT molecular complexity index is 976. The lowest BCUT2D eigenvalue weighted by molar-refractivity contribution is 0.0663. The monoisotopic (exact) mass is 383 g/mol. The van der Waals surface area contributed by atoms with E-state index >= 15 is 0 Å². The third kappa shape index (κ3) is 3.26. The Hall–Kier alpha value is -2.25. The molecule has 142 valence electrons. The summed E-state index contributed by atoms with van der Waals surface area (Å²) in [6.45, 7) is 5.46. The zero-order chi connectivity index (χ0) is 19.1. The van der Waals surface area contributed by atoms with Crippen molar-refractivity contribution in [2.24, 2.45) is 18.7 Å². The summed E-state index contributed by atoms with van der Waals surface area (Å²) in [7, 11) is 1.88. The fourth-order valence-electron chi connectivity index (χ4n) is 3.96. The molecule has 27 heavy (non-hydrogen) atoms. The van der Waals surface area contributed by atoms with Gasteiger partial charge in [0.15, 0.2) is 5.65 Å². The van der Waals surface area contributed by atoms with Crippen LogP contribution in [0.2, 0.25) is 0 Å². The van der Waals surface area contributed by atoms with E-state index in [1.807, 2.05) is 49.4 Å². The molecule has 6 nitrogen and oxygen atoms in total. The first-order valence-corrected chi connectivity index (χ1v) is 10.3. The number of aromatic nitrogens is 3. The molecule has 1 fully saturated rings. The molecule has 1 aliphatic heterocycles. The molecule has 1 saturated heterocycles. The van der Waals surface area contributed by atoms with E-state index in [2.05, 4.69) is 5.10 Å². The van der Waals surface area contributed by atoms with E-state index in [1.54, 1.807) is 16.0 Å². The van der Waals surface area contributed by atoms with Crippen LogP contribution >= 0.6 is 11.3 Å². The van der Waals surface area contributed by atoms with Crippen molar-refractivity contribution in [3.63, 3.8) is 0 Å². The quantitative estimate of drug-likeness (QED) is 0.753. The van der Waals surface area contributed by atoms with Gasteiger partial charge in [-0.3, -0.25) is 9.48 Å². The highest BCUT2D eigenvalue weighted by Crippen LogP contribution is 2.31. The summed E-state index contributed by atoms with van der Waals surface area (Å²) in [6, 6.07) is 6.06. The molecule has 1 amide bonds. The maximum atomic E-state index is 13.5. The number of carbonyl (C=O) groups is 1. The van der Waals surface area contributed by atoms with Gasteiger partial charge in [-0.2, -0.15) is 5.10 Å². The Balaban J connectivity index is 1.81. The van der Waals surface area contributed by atoms with Crippen LogP contribution in [-0.2, 0) is 7.05 Å². The van der Waals surface area contributed by atoms with Gasteiger partial charge in [0.2, 0.25) is 0 Å². The second kappa shape index (κ2) is 7.05. The van der Waals surface area contributed by atoms with Crippen LogP contribution in [0.25, 0.3) is 21.6 Å². The Labute approximate surface area is 163 Å². The predicted octanol–water partition coefficient (Wildman–Crippen LogP) is 3.20. The maximum Gasteiger partial charge on any atom is 0.254 e. The number of nitrogens with two attached hydrogens (primary N) is 1. The minimum absolute atomic E-state index is 0.0571. The van der Waals surface area contributed by atoms with Crippen molar-refractivity contribution in [3.8, 4) is 10.6 Å². The highest BCUT2D eigenvalue weighted by Gasteiger charge is 2.29. The Kier molecular flexibility index (Phi) is 4.74. The number of likely N-dealkylation sites (tertiary alicyclic amines) is 1. The van der Waals surface area contributed by atoms with Crippen LogP contribution in [0.1, 0.15) is 35.8 Å². The van der Waals surface area contributed by atoms with Crippen molar-refractivity contribution >= 4 is 28.3 Å². The van der Waals surface area contributed by atoms with Crippen molar-refractivity contribution in [2.75, 3.05) is 13.1 Å². The van der Waals surface area contributed by atoms with Crippen molar-refractivity contribution in [2.45, 2.75) is 32.7 Å². The third-order valence-corrected chi connectivity index (χ3v) is 6.35. The van der Waals surface area contributed by atoms with Crippen LogP contribution in [0.4, 0.5) is 0 Å². The molecule has 7 heteroatoms. The number of carbonyl (C=O) groups excluding carboxylic acids is 1. The molecule has 2 unspecified atom stereocenters. The van der Waals surface area contributed by atoms with Crippen molar-refractivity contribution < 1.29 is 4.79 Å². The van der Waals surface area contributed by atoms with Gasteiger partial charge in [-0.1, -0.05) is 6.07 Å². The molecule has 2 N–H and O–H groups in total. The summed E-state index contributed by atoms with van der Waals surface area (Å²) >= 11 is 1.62. The molecule has 3 aromatic rings. The average Bonchev–Trinajstić information content (AvgIpc) is 3.29. The molecule has 0 aliphatic carbocycles. The predicted molar refractivity (Wildman–Crippen MR) is 109 cm³/mol. The molecule has 4 rings (SSSR count). The summed E-state index contributed by atoms with van der Waals surface area (Å²) in [5.74, 6) is 0.411. The Morgan fingerprint density at radius 1 is 1.44 bits per heavy atom. The van der Waals surface area contributed by atoms with E-state index in [1.165, 1.54) is 0 Å². The number of fused-ring (bicyclic) bond motifs is 1. The summed E-state index contributed by atoms with van der Waals surface area (Å²) in [5, 5.41) is 7.39. The normalized spacial score (nSPS) is 18.8. The molecule has 1 aliphatic rings. The minimum Gasteiger partial charge on any atom is -0.338 e. The first-order chi connectivity index (χ1) is 13.0. The van der Waals surface area contributed by atoms with Gasteiger partial charge in [0, 0.05) is 26.2 Å². The van der Waals surface area contributed by atoms with E-state index in [9.17, 15) is 4.79 Å². The molecule has 0 radical (unpaired) electrons. The molecule has 0 spiro atoms. The first-order valence-electron chi connectivity index (χ1n) is 9.38. The van der Waals surface area contributed by atoms with Gasteiger partial charge in [-0.25, -0.2) is 4.98 Å². The van der Waals surface area contributed by atoms with E-state index in [4.69, 9.17) is 10.7 Å². The Morgan fingerprint density at radius 3 is 2.96 bits per heavy atom. The lowest BCUT2D eigenvalue weighted by Gasteiger charge is -2.34. The van der Waals surface area contributed by atoms with Gasteiger partial charge in [-0.15, -0.1) is 11.3 Å². The summed E-state index contributed by atoms with van der Waals surface area (Å²) in [5.41, 5.74) is 9.22. The molecule has 3 aromatic heterocycles. The number of amides is 1. The first kappa shape index (κ1) is 18.1. The number of pyridine rings is 1. The standard InChI is InChI=1S/C20H25N5OS/c1-12(21)14-6-4-8-25(11-14)20(26)15-10-16(17-7-5-9-27-17)22-19-18(15)13(2)23-24(19)3/h5,7,9-10,12,14H,4,6,8,11,21H2,1-3H3. The molecule has 0 bridgehead atoms. The summed E-state index contributed by atoms with van der Waals surface area (Å²) in [4.78, 5) is 21.3. The van der Waals surface area contributed by atoms with Gasteiger partial charge >= 0.3 is 0 Å². The summed E-state index contributed by atoms with van der Waals surface area (Å²) in [6.07, 6.45) is 2.08. The Morgan fingerprint density at radius 2 is 2.26 bits per heavy atom. The van der Waals surface area contributed by atoms with Crippen LogP contribution in [-0.4, -0.2) is 44.7 Å². The zero-order valence-corrected chi connectivity index (χ0v) is 16.8. The van der Waals surface area contributed by atoms with Gasteiger partial charge in [-0.05, 0) is 50.1 Å².